The number of ketones is 1. The van der Waals surface area contributed by atoms with E-state index in [1.165, 1.54) is 13.0 Å². The molecule has 1 N–H and O–H groups in total. The summed E-state index contributed by atoms with van der Waals surface area (Å²) in [7, 11) is 0. The lowest BCUT2D eigenvalue weighted by Crippen LogP contribution is -2.49. The molecule has 0 spiro atoms. The number of Topliss-reactive ketones (excluding diaryl/α,β-unsaturated/α-hetero) is 1. The summed E-state index contributed by atoms with van der Waals surface area (Å²) in [4.78, 5) is 15.5. The van der Waals surface area contributed by atoms with Crippen LogP contribution < -0.4 is 9.64 Å². The average Bonchev–Trinajstić information content (AvgIpc) is 2.68. The number of carbonyl (C=O) groups excluding carboxylic acids is 1. The molecule has 1 heterocycles. The number of nitrogens with zero attached hydrogens (tertiary/aromatic N) is 2. The van der Waals surface area contributed by atoms with Gasteiger partial charge >= 0.3 is 0 Å². The first-order valence-electron chi connectivity index (χ1n) is 9.16. The van der Waals surface area contributed by atoms with Crippen molar-refractivity contribution in [2.24, 2.45) is 0 Å². The third kappa shape index (κ3) is 5.28. The lowest BCUT2D eigenvalue weighted by molar-refractivity contribution is 0.0662. The summed E-state index contributed by atoms with van der Waals surface area (Å²) in [6.07, 6.45) is -0.613. The molecule has 1 atom stereocenters. The molecule has 0 radical (unpaired) electrons. The molecule has 2 aromatic carbocycles. The van der Waals surface area contributed by atoms with Gasteiger partial charge in [-0.25, -0.2) is 4.39 Å². The zero-order chi connectivity index (χ0) is 19.2. The lowest BCUT2D eigenvalue weighted by Gasteiger charge is -2.36. The summed E-state index contributed by atoms with van der Waals surface area (Å²) in [5.41, 5.74) is 1.27. The van der Waals surface area contributed by atoms with E-state index in [9.17, 15) is 14.3 Å². The second kappa shape index (κ2) is 8.97. The van der Waals surface area contributed by atoms with E-state index in [1.807, 2.05) is 11.0 Å². The minimum Gasteiger partial charge on any atom is -0.491 e. The number of ether oxygens (including phenoxy) is 1. The van der Waals surface area contributed by atoms with Crippen molar-refractivity contribution in [3.05, 3.63) is 59.9 Å². The fraction of sp³-hybridized carbons (Fsp3) is 0.381. The van der Waals surface area contributed by atoms with Crippen LogP contribution in [0, 0.1) is 5.82 Å². The highest BCUT2D eigenvalue weighted by Crippen LogP contribution is 2.20. The predicted molar refractivity (Wildman–Crippen MR) is 103 cm³/mol. The van der Waals surface area contributed by atoms with E-state index in [1.54, 1.807) is 36.4 Å². The molecule has 1 aliphatic rings. The number of carbonyl (C=O) groups is 1. The summed E-state index contributed by atoms with van der Waals surface area (Å²) in [5.74, 6) is 0.440. The van der Waals surface area contributed by atoms with Crippen molar-refractivity contribution in [1.82, 2.24) is 4.90 Å². The summed E-state index contributed by atoms with van der Waals surface area (Å²) in [6, 6.07) is 13.7. The molecule has 1 fully saturated rings. The van der Waals surface area contributed by atoms with Crippen molar-refractivity contribution in [3.8, 4) is 5.75 Å². The number of hydrogen-bond acceptors (Lipinski definition) is 5. The highest BCUT2D eigenvalue weighted by molar-refractivity contribution is 5.94. The van der Waals surface area contributed by atoms with Gasteiger partial charge in [-0.1, -0.05) is 12.1 Å². The van der Waals surface area contributed by atoms with Gasteiger partial charge in [0.25, 0.3) is 0 Å². The van der Waals surface area contributed by atoms with Gasteiger partial charge in [0.15, 0.2) is 5.78 Å². The maximum Gasteiger partial charge on any atom is 0.159 e. The van der Waals surface area contributed by atoms with Gasteiger partial charge in [-0.15, -0.1) is 0 Å². The van der Waals surface area contributed by atoms with Crippen molar-refractivity contribution in [3.63, 3.8) is 0 Å². The van der Waals surface area contributed by atoms with E-state index in [0.29, 0.717) is 23.5 Å². The number of benzene rings is 2. The van der Waals surface area contributed by atoms with Crippen LogP contribution in [0.25, 0.3) is 0 Å². The van der Waals surface area contributed by atoms with Gasteiger partial charge in [0.2, 0.25) is 0 Å². The molecule has 0 aromatic heterocycles. The van der Waals surface area contributed by atoms with E-state index >= 15 is 0 Å². The maximum atomic E-state index is 13.9. The standard InChI is InChI=1S/C21H25FN2O3/c1-16(25)17-6-8-19(9-7-17)27-15-18(26)14-23-10-12-24(13-11-23)21-5-3-2-4-20(21)22/h2-9,18,26H,10-15H2,1H3/t18-/m0/s1. The first-order valence-corrected chi connectivity index (χ1v) is 9.16. The summed E-state index contributed by atoms with van der Waals surface area (Å²) >= 11 is 0. The highest BCUT2D eigenvalue weighted by atomic mass is 19.1. The number of anilines is 1. The Balaban J connectivity index is 1.42. The third-order valence-corrected chi connectivity index (χ3v) is 4.74. The van der Waals surface area contributed by atoms with Crippen LogP contribution in [-0.4, -0.2) is 61.2 Å². The van der Waals surface area contributed by atoms with Gasteiger partial charge in [-0.2, -0.15) is 0 Å². The Morgan fingerprint density at radius 2 is 1.78 bits per heavy atom. The van der Waals surface area contributed by atoms with Crippen LogP contribution in [0.3, 0.4) is 0 Å². The zero-order valence-electron chi connectivity index (χ0n) is 15.5. The fourth-order valence-electron chi connectivity index (χ4n) is 3.21. The van der Waals surface area contributed by atoms with Crippen LogP contribution in [-0.2, 0) is 0 Å². The molecule has 1 aliphatic heterocycles. The van der Waals surface area contributed by atoms with Crippen LogP contribution in [0.4, 0.5) is 10.1 Å². The molecular weight excluding hydrogens is 347 g/mol. The van der Waals surface area contributed by atoms with Gasteiger partial charge in [0.05, 0.1) is 5.69 Å². The molecule has 0 unspecified atom stereocenters. The van der Waals surface area contributed by atoms with Crippen LogP contribution in [0.1, 0.15) is 17.3 Å². The molecule has 0 amide bonds. The lowest BCUT2D eigenvalue weighted by atomic mass is 10.1. The first-order chi connectivity index (χ1) is 13.0. The molecule has 6 heteroatoms. The number of hydrogen-bond donors (Lipinski definition) is 1. The van der Waals surface area contributed by atoms with E-state index in [2.05, 4.69) is 4.90 Å². The number of β-amino-alcohol motifs (C(OH)–C–C–N with tert-alkyl or cyclic N) is 1. The normalized spacial score (nSPS) is 16.2. The van der Waals surface area contributed by atoms with Crippen molar-refractivity contribution < 1.29 is 19.0 Å². The second-order valence-corrected chi connectivity index (χ2v) is 6.78. The van der Waals surface area contributed by atoms with E-state index in [0.717, 1.165) is 26.2 Å². The molecule has 3 rings (SSSR count). The first kappa shape index (κ1) is 19.3. The number of halogens is 1. The van der Waals surface area contributed by atoms with Gasteiger partial charge in [0.1, 0.15) is 24.3 Å². The Hall–Kier alpha value is -2.44. The fourth-order valence-corrected chi connectivity index (χ4v) is 3.21. The minimum atomic E-state index is -0.613. The van der Waals surface area contributed by atoms with E-state index in [4.69, 9.17) is 4.74 Å². The molecule has 0 bridgehead atoms. The van der Waals surface area contributed by atoms with Gasteiger partial charge in [0, 0.05) is 38.3 Å². The molecule has 27 heavy (non-hydrogen) atoms. The van der Waals surface area contributed by atoms with Gasteiger partial charge in [-0.3, -0.25) is 9.69 Å². The predicted octanol–water partition coefficient (Wildman–Crippen LogP) is 2.59. The molecule has 2 aromatic rings. The smallest absolute Gasteiger partial charge is 0.159 e. The molecule has 0 saturated carbocycles. The van der Waals surface area contributed by atoms with Crippen LogP contribution in [0.2, 0.25) is 0 Å². The van der Waals surface area contributed by atoms with Crippen LogP contribution >= 0.6 is 0 Å². The Labute approximate surface area is 159 Å². The maximum absolute atomic E-state index is 13.9. The Bertz CT molecular complexity index is 758. The highest BCUT2D eigenvalue weighted by Gasteiger charge is 2.21. The molecule has 0 aliphatic carbocycles. The Kier molecular flexibility index (Phi) is 6.42. The van der Waals surface area contributed by atoms with Gasteiger partial charge < -0.3 is 14.7 Å². The SMILES string of the molecule is CC(=O)c1ccc(OC[C@@H](O)CN2CCN(c3ccccc3F)CC2)cc1. The van der Waals surface area contributed by atoms with Crippen LogP contribution in [0.5, 0.6) is 5.75 Å². The minimum absolute atomic E-state index is 0.0103. The number of para-hydroxylation sites is 1. The van der Waals surface area contributed by atoms with Gasteiger partial charge in [-0.05, 0) is 43.3 Å². The monoisotopic (exact) mass is 372 g/mol. The number of rotatable bonds is 7. The summed E-state index contributed by atoms with van der Waals surface area (Å²) < 4.78 is 19.5. The quantitative estimate of drug-likeness (QED) is 0.757. The van der Waals surface area contributed by atoms with Crippen LogP contribution in [0.15, 0.2) is 48.5 Å². The largest absolute Gasteiger partial charge is 0.491 e. The Morgan fingerprint density at radius 3 is 2.41 bits per heavy atom. The molecule has 1 saturated heterocycles. The topological polar surface area (TPSA) is 53.0 Å². The zero-order valence-corrected chi connectivity index (χ0v) is 15.5. The van der Waals surface area contributed by atoms with Crippen molar-refractivity contribution in [1.29, 1.82) is 0 Å². The molecule has 5 nitrogen and oxygen atoms in total. The second-order valence-electron chi connectivity index (χ2n) is 6.78. The summed E-state index contributed by atoms with van der Waals surface area (Å²) in [5, 5.41) is 10.2. The Morgan fingerprint density at radius 1 is 1.11 bits per heavy atom. The van der Waals surface area contributed by atoms with Crippen molar-refractivity contribution in [2.75, 3.05) is 44.2 Å². The van der Waals surface area contributed by atoms with E-state index < -0.39 is 6.10 Å². The van der Waals surface area contributed by atoms with E-state index in [-0.39, 0.29) is 18.2 Å². The summed E-state index contributed by atoms with van der Waals surface area (Å²) in [6.45, 7) is 5.19. The van der Waals surface area contributed by atoms with Crippen molar-refractivity contribution >= 4 is 11.5 Å². The van der Waals surface area contributed by atoms with Crippen molar-refractivity contribution in [2.45, 2.75) is 13.0 Å². The molecular formula is C21H25FN2O3. The average molecular weight is 372 g/mol. The number of aliphatic hydroxyl groups is 1. The third-order valence-electron chi connectivity index (χ3n) is 4.74. The number of aliphatic hydroxyl groups excluding tert-OH is 1. The molecule has 144 valence electrons. The number of piperazine rings is 1.